The van der Waals surface area contributed by atoms with Crippen LogP contribution in [0.5, 0.6) is 5.75 Å². The van der Waals surface area contributed by atoms with Crippen molar-refractivity contribution in [3.05, 3.63) is 39.7 Å². The lowest BCUT2D eigenvalue weighted by Gasteiger charge is -2.15. The lowest BCUT2D eigenvalue weighted by molar-refractivity contribution is -0.139. The number of benzene rings is 1. The maximum absolute atomic E-state index is 11.6. The van der Waals surface area contributed by atoms with Gasteiger partial charge in [0.05, 0.1) is 5.56 Å². The molecule has 6 nitrogen and oxygen atoms in total. The Morgan fingerprint density at radius 3 is 2.78 bits per heavy atom. The number of carboxylic acid groups (broad SMARTS) is 1. The smallest absolute Gasteiger partial charge is 0.336 e. The number of aliphatic carboxylic acids is 1. The second-order valence-corrected chi connectivity index (χ2v) is 5.60. The van der Waals surface area contributed by atoms with Crippen LogP contribution in [0.3, 0.4) is 0 Å². The molecule has 1 aromatic heterocycles. The van der Waals surface area contributed by atoms with Crippen molar-refractivity contribution in [2.75, 3.05) is 0 Å². The van der Waals surface area contributed by atoms with E-state index in [0.29, 0.717) is 17.6 Å². The molecule has 0 unspecified atom stereocenters. The van der Waals surface area contributed by atoms with Gasteiger partial charge in [-0.15, -0.1) is 0 Å². The van der Waals surface area contributed by atoms with Crippen molar-refractivity contribution >= 4 is 16.9 Å². The van der Waals surface area contributed by atoms with Gasteiger partial charge >= 0.3 is 11.6 Å². The van der Waals surface area contributed by atoms with Gasteiger partial charge in [0.15, 0.2) is 0 Å². The minimum atomic E-state index is -0.934. The molecule has 1 heterocycles. The monoisotopic (exact) mass is 319 g/mol. The second-order valence-electron chi connectivity index (χ2n) is 5.60. The fourth-order valence-corrected chi connectivity index (χ4v) is 2.55. The van der Waals surface area contributed by atoms with Crippen molar-refractivity contribution in [3.63, 3.8) is 0 Å². The molecule has 0 saturated carbocycles. The topological polar surface area (TPSA) is 99.8 Å². The Hall–Kier alpha value is -2.34. The molecule has 0 aliphatic rings. The number of carboxylic acids is 1. The highest BCUT2D eigenvalue weighted by molar-refractivity contribution is 5.85. The van der Waals surface area contributed by atoms with E-state index in [2.05, 4.69) is 5.32 Å². The maximum atomic E-state index is 11.6. The van der Waals surface area contributed by atoms with Crippen LogP contribution in [0.15, 0.2) is 27.4 Å². The van der Waals surface area contributed by atoms with E-state index < -0.39 is 17.6 Å². The standard InChI is InChI=1S/C17H21NO5/c1-3-4-5-13(17(21)22)18-9-12-14(19)7-6-11-10(2)8-15(20)23-16(11)12/h6-8,13,18-19H,3-5,9H2,1-2H3,(H,21,22)/t13-/m1/s1. The lowest BCUT2D eigenvalue weighted by Crippen LogP contribution is -2.36. The molecular formula is C17H21NO5. The summed E-state index contributed by atoms with van der Waals surface area (Å²) in [5.74, 6) is -0.964. The van der Waals surface area contributed by atoms with Gasteiger partial charge in [-0.2, -0.15) is 0 Å². The molecule has 1 aromatic carbocycles. The Balaban J connectivity index is 2.33. The average Bonchev–Trinajstić information content (AvgIpc) is 2.48. The van der Waals surface area contributed by atoms with Crippen LogP contribution in [-0.4, -0.2) is 22.2 Å². The van der Waals surface area contributed by atoms with Gasteiger partial charge in [0.2, 0.25) is 0 Å². The van der Waals surface area contributed by atoms with Crippen molar-refractivity contribution in [2.45, 2.75) is 45.7 Å². The molecule has 0 bridgehead atoms. The Morgan fingerprint density at radius 1 is 1.39 bits per heavy atom. The first kappa shape index (κ1) is 17.0. The SMILES string of the molecule is CCCC[C@@H](NCc1c(O)ccc2c(C)cc(=O)oc12)C(=O)O. The molecule has 6 heteroatoms. The predicted octanol–water partition coefficient (Wildman–Crippen LogP) is 2.54. The summed E-state index contributed by atoms with van der Waals surface area (Å²) in [5, 5.41) is 23.0. The number of aryl methyl sites for hydroxylation is 1. The van der Waals surface area contributed by atoms with Crippen LogP contribution >= 0.6 is 0 Å². The molecule has 3 N–H and O–H groups in total. The van der Waals surface area contributed by atoms with E-state index in [1.807, 2.05) is 6.92 Å². The third kappa shape index (κ3) is 3.90. The average molecular weight is 319 g/mol. The van der Waals surface area contributed by atoms with E-state index in [1.165, 1.54) is 12.1 Å². The number of hydrogen-bond acceptors (Lipinski definition) is 5. The fraction of sp³-hybridized carbons (Fsp3) is 0.412. The highest BCUT2D eigenvalue weighted by Crippen LogP contribution is 2.28. The van der Waals surface area contributed by atoms with Gasteiger partial charge in [-0.25, -0.2) is 4.79 Å². The molecule has 0 aliphatic heterocycles. The van der Waals surface area contributed by atoms with Crippen LogP contribution in [0, 0.1) is 6.92 Å². The zero-order valence-corrected chi connectivity index (χ0v) is 13.3. The number of unbranched alkanes of at least 4 members (excludes halogenated alkanes) is 1. The number of carbonyl (C=O) groups is 1. The Kier molecular flexibility index (Phi) is 5.39. The zero-order valence-electron chi connectivity index (χ0n) is 13.3. The zero-order chi connectivity index (χ0) is 17.0. The number of phenols is 1. The van der Waals surface area contributed by atoms with Crippen LogP contribution in [0.1, 0.15) is 37.3 Å². The van der Waals surface area contributed by atoms with E-state index >= 15 is 0 Å². The first-order valence-electron chi connectivity index (χ1n) is 7.65. The quantitative estimate of drug-likeness (QED) is 0.678. The molecule has 0 saturated heterocycles. The van der Waals surface area contributed by atoms with Crippen molar-refractivity contribution in [1.29, 1.82) is 0 Å². The number of rotatable bonds is 7. The number of fused-ring (bicyclic) bond motifs is 1. The van der Waals surface area contributed by atoms with Crippen molar-refractivity contribution < 1.29 is 19.4 Å². The fourth-order valence-electron chi connectivity index (χ4n) is 2.55. The summed E-state index contributed by atoms with van der Waals surface area (Å²) in [6.07, 6.45) is 2.19. The molecule has 2 rings (SSSR count). The summed E-state index contributed by atoms with van der Waals surface area (Å²) in [5.41, 5.74) is 0.939. The molecule has 0 radical (unpaired) electrons. The molecule has 2 aromatic rings. The van der Waals surface area contributed by atoms with E-state index in [1.54, 1.807) is 13.0 Å². The van der Waals surface area contributed by atoms with Gasteiger partial charge in [-0.1, -0.05) is 19.8 Å². The number of phenolic OH excluding ortho intramolecular Hbond substituents is 1. The second kappa shape index (κ2) is 7.28. The molecule has 0 spiro atoms. The van der Waals surface area contributed by atoms with Gasteiger partial charge in [-0.05, 0) is 31.0 Å². The van der Waals surface area contributed by atoms with Crippen molar-refractivity contribution in [2.24, 2.45) is 0 Å². The van der Waals surface area contributed by atoms with Crippen LogP contribution in [-0.2, 0) is 11.3 Å². The van der Waals surface area contributed by atoms with Crippen LogP contribution < -0.4 is 10.9 Å². The number of aromatic hydroxyl groups is 1. The van der Waals surface area contributed by atoms with E-state index in [-0.39, 0.29) is 12.3 Å². The van der Waals surface area contributed by atoms with Crippen LogP contribution in [0.4, 0.5) is 0 Å². The summed E-state index contributed by atoms with van der Waals surface area (Å²) >= 11 is 0. The third-order valence-electron chi connectivity index (χ3n) is 3.87. The molecule has 23 heavy (non-hydrogen) atoms. The van der Waals surface area contributed by atoms with Gasteiger partial charge in [-0.3, -0.25) is 4.79 Å². The summed E-state index contributed by atoms with van der Waals surface area (Å²) in [4.78, 5) is 22.9. The van der Waals surface area contributed by atoms with Crippen LogP contribution in [0.25, 0.3) is 11.0 Å². The first-order valence-corrected chi connectivity index (χ1v) is 7.65. The number of hydrogen-bond donors (Lipinski definition) is 3. The van der Waals surface area contributed by atoms with Gasteiger partial charge in [0.1, 0.15) is 17.4 Å². The molecule has 0 fully saturated rings. The summed E-state index contributed by atoms with van der Waals surface area (Å²) in [6.45, 7) is 3.89. The third-order valence-corrected chi connectivity index (χ3v) is 3.87. The van der Waals surface area contributed by atoms with Crippen LogP contribution in [0.2, 0.25) is 0 Å². The van der Waals surface area contributed by atoms with Gasteiger partial charge < -0.3 is 19.9 Å². The predicted molar refractivity (Wildman–Crippen MR) is 86.7 cm³/mol. The van der Waals surface area contributed by atoms with Crippen molar-refractivity contribution in [1.82, 2.24) is 5.32 Å². The molecule has 0 aliphatic carbocycles. The van der Waals surface area contributed by atoms with Crippen molar-refractivity contribution in [3.8, 4) is 5.75 Å². The number of nitrogens with one attached hydrogen (secondary N) is 1. The van der Waals surface area contributed by atoms with E-state index in [4.69, 9.17) is 4.42 Å². The summed E-state index contributed by atoms with van der Waals surface area (Å²) < 4.78 is 5.23. The lowest BCUT2D eigenvalue weighted by atomic mass is 10.0. The molecule has 124 valence electrons. The summed E-state index contributed by atoms with van der Waals surface area (Å²) in [7, 11) is 0. The Labute approximate surface area is 133 Å². The maximum Gasteiger partial charge on any atom is 0.336 e. The highest BCUT2D eigenvalue weighted by Gasteiger charge is 2.18. The first-order chi connectivity index (χ1) is 10.9. The normalized spacial score (nSPS) is 12.4. The molecule has 0 amide bonds. The largest absolute Gasteiger partial charge is 0.507 e. The molecule has 1 atom stereocenters. The molecular weight excluding hydrogens is 298 g/mol. The Morgan fingerprint density at radius 2 is 2.13 bits per heavy atom. The highest BCUT2D eigenvalue weighted by atomic mass is 16.4. The minimum Gasteiger partial charge on any atom is -0.507 e. The minimum absolute atomic E-state index is 0.0293. The van der Waals surface area contributed by atoms with E-state index in [0.717, 1.165) is 23.8 Å². The van der Waals surface area contributed by atoms with Gasteiger partial charge in [0, 0.05) is 18.0 Å². The van der Waals surface area contributed by atoms with E-state index in [9.17, 15) is 19.8 Å². The van der Waals surface area contributed by atoms with Gasteiger partial charge in [0.25, 0.3) is 0 Å². The Bertz CT molecular complexity index is 765. The summed E-state index contributed by atoms with van der Waals surface area (Å²) in [6, 6.07) is 3.88.